The molecule has 33 heavy (non-hydrogen) atoms. The van der Waals surface area contributed by atoms with Crippen LogP contribution in [-0.4, -0.2) is 63.6 Å². The second-order valence-corrected chi connectivity index (χ2v) is 8.71. The van der Waals surface area contributed by atoms with Gasteiger partial charge in [0.2, 0.25) is 0 Å². The lowest BCUT2D eigenvalue weighted by atomic mass is 10.1. The molecular formula is C22H22Cl2F2N6O. The van der Waals surface area contributed by atoms with Crippen molar-refractivity contribution in [2.24, 2.45) is 0 Å². The Bertz CT molecular complexity index is 1150. The van der Waals surface area contributed by atoms with Crippen LogP contribution in [0.2, 0.25) is 10.0 Å². The van der Waals surface area contributed by atoms with Crippen molar-refractivity contribution in [3.63, 3.8) is 0 Å². The zero-order valence-corrected chi connectivity index (χ0v) is 19.4. The number of rotatable bonds is 7. The average molecular weight is 495 g/mol. The van der Waals surface area contributed by atoms with Crippen LogP contribution in [0.4, 0.5) is 14.5 Å². The summed E-state index contributed by atoms with van der Waals surface area (Å²) in [4.78, 5) is 18.3. The van der Waals surface area contributed by atoms with E-state index in [1.165, 1.54) is 4.80 Å². The van der Waals surface area contributed by atoms with E-state index in [2.05, 4.69) is 25.2 Å². The van der Waals surface area contributed by atoms with Gasteiger partial charge in [-0.15, -0.1) is 10.2 Å². The molecule has 4 rings (SSSR count). The van der Waals surface area contributed by atoms with Crippen molar-refractivity contribution < 1.29 is 13.6 Å². The first-order valence-corrected chi connectivity index (χ1v) is 11.3. The molecule has 1 unspecified atom stereocenters. The summed E-state index contributed by atoms with van der Waals surface area (Å²) in [5.41, 5.74) is 0.767. The van der Waals surface area contributed by atoms with Gasteiger partial charge in [0.15, 0.2) is 11.6 Å². The summed E-state index contributed by atoms with van der Waals surface area (Å²) in [6.45, 7) is 5.66. The molecule has 174 valence electrons. The van der Waals surface area contributed by atoms with Crippen molar-refractivity contribution in [1.82, 2.24) is 25.1 Å². The van der Waals surface area contributed by atoms with E-state index < -0.39 is 23.5 Å². The monoisotopic (exact) mass is 494 g/mol. The van der Waals surface area contributed by atoms with Gasteiger partial charge >= 0.3 is 0 Å². The third-order valence-electron chi connectivity index (χ3n) is 5.67. The molecule has 2 heterocycles. The van der Waals surface area contributed by atoms with Crippen molar-refractivity contribution in [2.45, 2.75) is 19.4 Å². The topological polar surface area (TPSA) is 67.2 Å². The van der Waals surface area contributed by atoms with E-state index in [1.807, 2.05) is 12.1 Å². The summed E-state index contributed by atoms with van der Waals surface area (Å²) in [5, 5.41) is 13.5. The molecule has 1 fully saturated rings. The third kappa shape index (κ3) is 5.48. The molecule has 0 spiro atoms. The van der Waals surface area contributed by atoms with Gasteiger partial charge in [0.05, 0.1) is 16.3 Å². The van der Waals surface area contributed by atoms with E-state index in [-0.39, 0.29) is 5.56 Å². The second kappa shape index (κ2) is 10.1. The third-order valence-corrected chi connectivity index (χ3v) is 6.20. The second-order valence-electron chi connectivity index (χ2n) is 7.86. The Morgan fingerprint density at radius 3 is 2.55 bits per heavy atom. The number of hydrogen-bond donors (Lipinski definition) is 0. The molecule has 1 aliphatic heterocycles. The highest BCUT2D eigenvalue weighted by molar-refractivity contribution is 6.36. The summed E-state index contributed by atoms with van der Waals surface area (Å²) in [6.07, 6.45) is 0.563. The van der Waals surface area contributed by atoms with Crippen LogP contribution in [0.25, 0.3) is 0 Å². The fourth-order valence-electron chi connectivity index (χ4n) is 3.75. The van der Waals surface area contributed by atoms with Crippen LogP contribution in [0.1, 0.15) is 29.1 Å². The summed E-state index contributed by atoms with van der Waals surface area (Å²) < 4.78 is 27.0. The molecule has 0 bridgehead atoms. The summed E-state index contributed by atoms with van der Waals surface area (Å²) in [5.74, 6) is -1.70. The number of anilines is 1. The molecule has 3 aromatic rings. The van der Waals surface area contributed by atoms with Gasteiger partial charge in [-0.25, -0.2) is 8.78 Å². The van der Waals surface area contributed by atoms with Crippen molar-refractivity contribution >= 4 is 34.7 Å². The molecule has 0 radical (unpaired) electrons. The zero-order valence-electron chi connectivity index (χ0n) is 17.9. The maximum atomic E-state index is 13.9. The molecule has 7 nitrogen and oxygen atoms in total. The minimum Gasteiger partial charge on any atom is -0.368 e. The lowest BCUT2D eigenvalue weighted by Gasteiger charge is -2.36. The average Bonchev–Trinajstić information content (AvgIpc) is 3.26. The summed E-state index contributed by atoms with van der Waals surface area (Å²) >= 11 is 12.3. The lowest BCUT2D eigenvalue weighted by Crippen LogP contribution is -2.47. The van der Waals surface area contributed by atoms with Crippen molar-refractivity contribution in [3.8, 4) is 0 Å². The van der Waals surface area contributed by atoms with Crippen LogP contribution >= 0.6 is 23.2 Å². The van der Waals surface area contributed by atoms with Gasteiger partial charge < -0.3 is 4.90 Å². The normalized spacial score (nSPS) is 15.6. The number of Topliss-reactive ketones (excluding diaryl/α,β-unsaturated/α-hetero) is 1. The van der Waals surface area contributed by atoms with Crippen molar-refractivity contribution in [3.05, 3.63) is 69.5 Å². The van der Waals surface area contributed by atoms with E-state index in [0.29, 0.717) is 28.4 Å². The highest BCUT2D eigenvalue weighted by Gasteiger charge is 2.24. The van der Waals surface area contributed by atoms with E-state index in [4.69, 9.17) is 23.2 Å². The number of piperazine rings is 1. The number of ketones is 1. The van der Waals surface area contributed by atoms with Crippen LogP contribution in [0.5, 0.6) is 0 Å². The van der Waals surface area contributed by atoms with E-state index in [0.717, 1.165) is 50.5 Å². The molecule has 1 atom stereocenters. The Morgan fingerprint density at radius 2 is 1.85 bits per heavy atom. The molecule has 2 aromatic carbocycles. The number of benzene rings is 2. The van der Waals surface area contributed by atoms with Crippen molar-refractivity contribution in [1.29, 1.82) is 0 Å². The molecule has 0 saturated carbocycles. The van der Waals surface area contributed by atoms with E-state index in [1.54, 1.807) is 13.0 Å². The number of aromatic nitrogens is 4. The number of carbonyl (C=O) groups is 1. The fraction of sp³-hybridized carbons (Fsp3) is 0.364. The molecular weight excluding hydrogens is 473 g/mol. The summed E-state index contributed by atoms with van der Waals surface area (Å²) in [7, 11) is 0. The number of carbonyl (C=O) groups excluding carboxylic acids is 1. The smallest absolute Gasteiger partial charge is 0.191 e. The van der Waals surface area contributed by atoms with Gasteiger partial charge in [0.25, 0.3) is 0 Å². The number of tetrazole rings is 1. The van der Waals surface area contributed by atoms with E-state index in [9.17, 15) is 13.6 Å². The molecule has 0 N–H and O–H groups in total. The van der Waals surface area contributed by atoms with Gasteiger partial charge in [-0.2, -0.15) is 4.80 Å². The standard InChI is InChI=1S/C22H22Cl2F2N6O/c1-14(22(33)17-4-3-16(25)13-19(17)26)32-28-21(27-29-32)6-7-30-8-10-31(11-9-30)20-5-2-15(23)12-18(20)24/h2-5,12-14H,6-11H2,1H3. The van der Waals surface area contributed by atoms with Crippen LogP contribution in [0, 0.1) is 11.6 Å². The summed E-state index contributed by atoms with van der Waals surface area (Å²) in [6, 6.07) is 7.50. The van der Waals surface area contributed by atoms with Gasteiger partial charge in [0, 0.05) is 50.2 Å². The number of nitrogens with zero attached hydrogens (tertiary/aromatic N) is 6. The van der Waals surface area contributed by atoms with Gasteiger partial charge in [-0.1, -0.05) is 23.2 Å². The highest BCUT2D eigenvalue weighted by Crippen LogP contribution is 2.29. The van der Waals surface area contributed by atoms with Crippen LogP contribution < -0.4 is 4.90 Å². The molecule has 0 amide bonds. The Hall–Kier alpha value is -2.62. The van der Waals surface area contributed by atoms with Gasteiger partial charge in [-0.3, -0.25) is 9.69 Å². The van der Waals surface area contributed by atoms with Crippen molar-refractivity contribution in [2.75, 3.05) is 37.6 Å². The number of hydrogen-bond acceptors (Lipinski definition) is 6. The highest BCUT2D eigenvalue weighted by atomic mass is 35.5. The van der Waals surface area contributed by atoms with E-state index >= 15 is 0 Å². The van der Waals surface area contributed by atoms with Crippen LogP contribution in [-0.2, 0) is 6.42 Å². The molecule has 1 aliphatic rings. The molecule has 0 aliphatic carbocycles. The quantitative estimate of drug-likeness (QED) is 0.461. The maximum Gasteiger partial charge on any atom is 0.191 e. The fourth-order valence-corrected chi connectivity index (χ4v) is 4.28. The lowest BCUT2D eigenvalue weighted by molar-refractivity contribution is 0.0913. The Labute approximate surface area is 199 Å². The Balaban J connectivity index is 1.30. The maximum absolute atomic E-state index is 13.9. The predicted octanol–water partition coefficient (Wildman–Crippen LogP) is 4.07. The van der Waals surface area contributed by atoms with Crippen LogP contribution in [0.15, 0.2) is 36.4 Å². The molecule has 1 saturated heterocycles. The molecule has 1 aromatic heterocycles. The SMILES string of the molecule is CC(C(=O)c1ccc(F)cc1F)n1nnc(CCN2CCN(c3ccc(Cl)cc3Cl)CC2)n1. The largest absolute Gasteiger partial charge is 0.368 e. The minimum atomic E-state index is -0.911. The predicted molar refractivity (Wildman–Crippen MR) is 122 cm³/mol. The first-order chi connectivity index (χ1) is 15.8. The van der Waals surface area contributed by atoms with Gasteiger partial charge in [0.1, 0.15) is 17.7 Å². The first kappa shape index (κ1) is 23.5. The Kier molecular flexibility index (Phi) is 7.21. The molecule has 11 heteroatoms. The Morgan fingerprint density at radius 1 is 1.09 bits per heavy atom. The number of halogens is 4. The first-order valence-electron chi connectivity index (χ1n) is 10.5. The minimum absolute atomic E-state index is 0.207. The zero-order chi connectivity index (χ0) is 23.5. The van der Waals surface area contributed by atoms with Crippen LogP contribution in [0.3, 0.4) is 0 Å². The van der Waals surface area contributed by atoms with Gasteiger partial charge in [-0.05, 0) is 42.5 Å².